The molecule has 22 heavy (non-hydrogen) atoms. The van der Waals surface area contributed by atoms with Gasteiger partial charge in [0.25, 0.3) is 0 Å². The second-order valence-corrected chi connectivity index (χ2v) is 6.28. The van der Waals surface area contributed by atoms with Crippen molar-refractivity contribution in [2.45, 2.75) is 19.3 Å². The van der Waals surface area contributed by atoms with Crippen LogP contribution in [0, 0.1) is 0 Å². The Morgan fingerprint density at radius 2 is 1.73 bits per heavy atom. The highest BCUT2D eigenvalue weighted by Gasteiger charge is 2.30. The molecule has 0 heterocycles. The SMILES string of the molecule is COc1ccc(C(C)(C)C(=O)Nc2ccc(Cl)cc2Cl)cc1. The summed E-state index contributed by atoms with van der Waals surface area (Å²) in [5.41, 5.74) is 0.712. The number of carbonyl (C=O) groups is 1. The second kappa shape index (κ2) is 6.59. The topological polar surface area (TPSA) is 38.3 Å². The van der Waals surface area contributed by atoms with Crippen LogP contribution in [-0.2, 0) is 10.2 Å². The molecule has 0 bridgehead atoms. The molecular weight excluding hydrogens is 321 g/mol. The summed E-state index contributed by atoms with van der Waals surface area (Å²) in [6, 6.07) is 12.4. The normalized spacial score (nSPS) is 11.1. The van der Waals surface area contributed by atoms with Gasteiger partial charge in [0.05, 0.1) is 23.2 Å². The molecule has 0 aromatic heterocycles. The molecule has 0 saturated carbocycles. The molecule has 3 nitrogen and oxygen atoms in total. The van der Waals surface area contributed by atoms with Crippen molar-refractivity contribution in [1.29, 1.82) is 0 Å². The highest BCUT2D eigenvalue weighted by molar-refractivity contribution is 6.36. The van der Waals surface area contributed by atoms with Gasteiger partial charge in [0.15, 0.2) is 0 Å². The summed E-state index contributed by atoms with van der Waals surface area (Å²) in [5, 5.41) is 3.78. The maximum atomic E-state index is 12.6. The number of benzene rings is 2. The molecule has 0 atom stereocenters. The Kier molecular flexibility index (Phi) is 4.99. The van der Waals surface area contributed by atoms with Crippen molar-refractivity contribution in [3.63, 3.8) is 0 Å². The van der Waals surface area contributed by atoms with Crippen LogP contribution in [0.5, 0.6) is 5.75 Å². The van der Waals surface area contributed by atoms with Gasteiger partial charge in [-0.25, -0.2) is 0 Å². The van der Waals surface area contributed by atoms with E-state index in [0.717, 1.165) is 11.3 Å². The molecular formula is C17H17Cl2NO2. The highest BCUT2D eigenvalue weighted by Crippen LogP contribution is 2.30. The lowest BCUT2D eigenvalue weighted by Crippen LogP contribution is -2.34. The van der Waals surface area contributed by atoms with Crippen LogP contribution in [0.4, 0.5) is 5.69 Å². The van der Waals surface area contributed by atoms with Gasteiger partial charge >= 0.3 is 0 Å². The maximum Gasteiger partial charge on any atom is 0.234 e. The Labute approximate surface area is 140 Å². The van der Waals surface area contributed by atoms with Gasteiger partial charge in [-0.3, -0.25) is 4.79 Å². The number of carbonyl (C=O) groups excluding carboxylic acids is 1. The predicted octanol–water partition coefficient (Wildman–Crippen LogP) is 4.92. The first-order valence-corrected chi connectivity index (χ1v) is 7.51. The first-order valence-electron chi connectivity index (χ1n) is 6.75. The third-order valence-electron chi connectivity index (χ3n) is 3.56. The molecule has 1 N–H and O–H groups in total. The number of hydrogen-bond acceptors (Lipinski definition) is 2. The van der Waals surface area contributed by atoms with E-state index < -0.39 is 5.41 Å². The lowest BCUT2D eigenvalue weighted by atomic mass is 9.83. The minimum absolute atomic E-state index is 0.151. The van der Waals surface area contributed by atoms with Crippen LogP contribution in [0.2, 0.25) is 10.0 Å². The fourth-order valence-corrected chi connectivity index (χ4v) is 2.46. The van der Waals surface area contributed by atoms with Gasteiger partial charge in [0.1, 0.15) is 5.75 Å². The van der Waals surface area contributed by atoms with Gasteiger partial charge in [0.2, 0.25) is 5.91 Å². The summed E-state index contributed by atoms with van der Waals surface area (Å²) in [6.07, 6.45) is 0. The Hall–Kier alpha value is -1.71. The summed E-state index contributed by atoms with van der Waals surface area (Å²) in [6.45, 7) is 3.71. The summed E-state index contributed by atoms with van der Waals surface area (Å²) in [7, 11) is 1.61. The third kappa shape index (κ3) is 3.54. The van der Waals surface area contributed by atoms with Crippen molar-refractivity contribution in [2.24, 2.45) is 0 Å². The maximum absolute atomic E-state index is 12.6. The van der Waals surface area contributed by atoms with Crippen molar-refractivity contribution in [3.05, 3.63) is 58.1 Å². The molecule has 1 amide bonds. The molecule has 0 unspecified atom stereocenters. The lowest BCUT2D eigenvalue weighted by Gasteiger charge is -2.24. The van der Waals surface area contributed by atoms with Crippen LogP contribution >= 0.6 is 23.2 Å². The van der Waals surface area contributed by atoms with Crippen LogP contribution in [0.1, 0.15) is 19.4 Å². The molecule has 0 radical (unpaired) electrons. The zero-order chi connectivity index (χ0) is 16.3. The van der Waals surface area contributed by atoms with E-state index in [-0.39, 0.29) is 5.91 Å². The largest absolute Gasteiger partial charge is 0.497 e. The summed E-state index contributed by atoms with van der Waals surface area (Å²) < 4.78 is 5.13. The quantitative estimate of drug-likeness (QED) is 0.859. The first kappa shape index (κ1) is 16.7. The molecule has 2 aromatic carbocycles. The van der Waals surface area contributed by atoms with E-state index in [0.29, 0.717) is 15.7 Å². The molecule has 0 spiro atoms. The predicted molar refractivity (Wildman–Crippen MR) is 91.1 cm³/mol. The molecule has 0 saturated heterocycles. The Morgan fingerprint density at radius 3 is 2.27 bits per heavy atom. The summed E-state index contributed by atoms with van der Waals surface area (Å²) >= 11 is 12.0. The number of amides is 1. The molecule has 0 aliphatic heterocycles. The molecule has 2 rings (SSSR count). The number of hydrogen-bond donors (Lipinski definition) is 1. The summed E-state index contributed by atoms with van der Waals surface area (Å²) in [4.78, 5) is 12.6. The molecule has 5 heteroatoms. The minimum atomic E-state index is -0.713. The Morgan fingerprint density at radius 1 is 1.09 bits per heavy atom. The monoisotopic (exact) mass is 337 g/mol. The van der Waals surface area contributed by atoms with Crippen LogP contribution in [-0.4, -0.2) is 13.0 Å². The number of methoxy groups -OCH3 is 1. The van der Waals surface area contributed by atoms with Gasteiger partial charge < -0.3 is 10.1 Å². The van der Waals surface area contributed by atoms with Crippen molar-refractivity contribution in [1.82, 2.24) is 0 Å². The Bertz CT molecular complexity index is 682. The number of anilines is 1. The molecule has 0 fully saturated rings. The van der Waals surface area contributed by atoms with Crippen LogP contribution in [0.15, 0.2) is 42.5 Å². The van der Waals surface area contributed by atoms with E-state index in [2.05, 4.69) is 5.32 Å². The fourth-order valence-electron chi connectivity index (χ4n) is 2.01. The van der Waals surface area contributed by atoms with Gasteiger partial charge in [-0.2, -0.15) is 0 Å². The zero-order valence-corrected chi connectivity index (χ0v) is 14.1. The lowest BCUT2D eigenvalue weighted by molar-refractivity contribution is -0.120. The van der Waals surface area contributed by atoms with E-state index >= 15 is 0 Å². The van der Waals surface area contributed by atoms with E-state index in [1.807, 2.05) is 38.1 Å². The zero-order valence-electron chi connectivity index (χ0n) is 12.6. The van der Waals surface area contributed by atoms with Crippen molar-refractivity contribution in [2.75, 3.05) is 12.4 Å². The minimum Gasteiger partial charge on any atom is -0.497 e. The molecule has 116 valence electrons. The molecule has 0 aliphatic rings. The smallest absolute Gasteiger partial charge is 0.234 e. The highest BCUT2D eigenvalue weighted by atomic mass is 35.5. The van der Waals surface area contributed by atoms with Crippen LogP contribution in [0.25, 0.3) is 0 Å². The molecule has 0 aliphatic carbocycles. The van der Waals surface area contributed by atoms with E-state index in [4.69, 9.17) is 27.9 Å². The van der Waals surface area contributed by atoms with Gasteiger partial charge in [-0.1, -0.05) is 35.3 Å². The average Bonchev–Trinajstić information content (AvgIpc) is 2.50. The van der Waals surface area contributed by atoms with E-state index in [9.17, 15) is 4.79 Å². The summed E-state index contributed by atoms with van der Waals surface area (Å²) in [5.74, 6) is 0.600. The number of nitrogens with one attached hydrogen (secondary N) is 1. The van der Waals surface area contributed by atoms with Crippen LogP contribution in [0.3, 0.4) is 0 Å². The van der Waals surface area contributed by atoms with E-state index in [1.165, 1.54) is 0 Å². The van der Waals surface area contributed by atoms with Crippen molar-refractivity contribution in [3.8, 4) is 5.75 Å². The van der Waals surface area contributed by atoms with Crippen LogP contribution < -0.4 is 10.1 Å². The van der Waals surface area contributed by atoms with Crippen molar-refractivity contribution >= 4 is 34.8 Å². The number of halogens is 2. The third-order valence-corrected chi connectivity index (χ3v) is 4.11. The standard InChI is InChI=1S/C17H17Cl2NO2/c1-17(2,11-4-7-13(22-3)8-5-11)16(21)20-15-9-6-12(18)10-14(15)19/h4-10H,1-3H3,(H,20,21). The number of rotatable bonds is 4. The number of ether oxygens (including phenoxy) is 1. The Balaban J connectivity index is 2.22. The van der Waals surface area contributed by atoms with Gasteiger partial charge in [-0.15, -0.1) is 0 Å². The van der Waals surface area contributed by atoms with E-state index in [1.54, 1.807) is 25.3 Å². The average molecular weight is 338 g/mol. The van der Waals surface area contributed by atoms with Gasteiger partial charge in [-0.05, 0) is 49.7 Å². The van der Waals surface area contributed by atoms with Gasteiger partial charge in [0, 0.05) is 5.02 Å². The molecule has 2 aromatic rings. The first-order chi connectivity index (χ1) is 10.3. The fraction of sp³-hybridized carbons (Fsp3) is 0.235. The second-order valence-electron chi connectivity index (χ2n) is 5.43. The van der Waals surface area contributed by atoms with Crippen molar-refractivity contribution < 1.29 is 9.53 Å².